The van der Waals surface area contributed by atoms with E-state index in [9.17, 15) is 4.79 Å². The van der Waals surface area contributed by atoms with Crippen molar-refractivity contribution in [1.82, 2.24) is 9.97 Å². The van der Waals surface area contributed by atoms with Crippen LogP contribution in [0.5, 0.6) is 5.75 Å². The molecule has 0 N–H and O–H groups in total. The second-order valence-corrected chi connectivity index (χ2v) is 4.57. The Morgan fingerprint density at radius 3 is 2.68 bits per heavy atom. The van der Waals surface area contributed by atoms with Gasteiger partial charge in [0.25, 0.3) is 0 Å². The van der Waals surface area contributed by atoms with E-state index in [2.05, 4.69) is 9.97 Å². The Balaban J connectivity index is 2.59. The lowest BCUT2D eigenvalue weighted by Crippen LogP contribution is -2.07. The molecule has 98 valence electrons. The number of carbonyl (C=O) groups is 1. The molecule has 0 atom stereocenters. The molecule has 0 spiro atoms. The lowest BCUT2D eigenvalue weighted by Gasteiger charge is -2.14. The zero-order valence-electron chi connectivity index (χ0n) is 10.6. The third kappa shape index (κ3) is 2.90. The van der Waals surface area contributed by atoms with Gasteiger partial charge in [-0.1, -0.05) is 23.7 Å². The Bertz CT molecular complexity index is 600. The largest absolute Gasteiger partial charge is 0.490 e. The number of rotatable bonds is 4. The number of benzene rings is 1. The minimum Gasteiger partial charge on any atom is -0.490 e. The Morgan fingerprint density at radius 2 is 2.00 bits per heavy atom. The molecule has 4 nitrogen and oxygen atoms in total. The molecule has 0 amide bonds. The van der Waals surface area contributed by atoms with E-state index in [4.69, 9.17) is 16.3 Å². The molecule has 1 heterocycles. The summed E-state index contributed by atoms with van der Waals surface area (Å²) in [6, 6.07) is 7.39. The number of hydrogen-bond donors (Lipinski definition) is 0. The first-order valence-corrected chi connectivity index (χ1v) is 6.23. The summed E-state index contributed by atoms with van der Waals surface area (Å²) >= 11 is 5.91. The highest BCUT2D eigenvalue weighted by Gasteiger charge is 2.15. The molecule has 0 bridgehead atoms. The van der Waals surface area contributed by atoms with Gasteiger partial charge in [0.15, 0.2) is 6.29 Å². The van der Waals surface area contributed by atoms with Crippen molar-refractivity contribution in [2.24, 2.45) is 0 Å². The number of para-hydroxylation sites is 1. The van der Waals surface area contributed by atoms with Crippen LogP contribution in [0.4, 0.5) is 0 Å². The molecule has 19 heavy (non-hydrogen) atoms. The average Bonchev–Trinajstić information content (AvgIpc) is 2.38. The molecule has 0 aliphatic heterocycles. The third-order valence-corrected chi connectivity index (χ3v) is 2.76. The van der Waals surface area contributed by atoms with E-state index in [0.29, 0.717) is 17.7 Å². The lowest BCUT2D eigenvalue weighted by atomic mass is 10.1. The van der Waals surface area contributed by atoms with Gasteiger partial charge in [-0.3, -0.25) is 4.79 Å². The maximum Gasteiger partial charge on any atom is 0.155 e. The predicted molar refractivity (Wildman–Crippen MR) is 73.6 cm³/mol. The van der Waals surface area contributed by atoms with Gasteiger partial charge in [-0.05, 0) is 26.0 Å². The molecule has 0 saturated carbocycles. The summed E-state index contributed by atoms with van der Waals surface area (Å²) < 4.78 is 5.72. The number of aldehydes is 1. The van der Waals surface area contributed by atoms with Crippen LogP contribution >= 0.6 is 11.6 Å². The van der Waals surface area contributed by atoms with Crippen LogP contribution in [0.3, 0.4) is 0 Å². The molecule has 2 rings (SSSR count). The van der Waals surface area contributed by atoms with Crippen LogP contribution in [-0.2, 0) is 0 Å². The van der Waals surface area contributed by atoms with Crippen molar-refractivity contribution < 1.29 is 9.53 Å². The minimum absolute atomic E-state index is 0.0261. The number of hydrogen-bond acceptors (Lipinski definition) is 4. The Hall–Kier alpha value is -1.94. The van der Waals surface area contributed by atoms with E-state index in [0.717, 1.165) is 5.56 Å². The van der Waals surface area contributed by atoms with Crippen LogP contribution in [-0.4, -0.2) is 22.4 Å². The predicted octanol–water partition coefficient (Wildman–Crippen LogP) is 3.40. The van der Waals surface area contributed by atoms with E-state index < -0.39 is 0 Å². The zero-order chi connectivity index (χ0) is 13.8. The average molecular weight is 277 g/mol. The first-order chi connectivity index (χ1) is 9.13. The standard InChI is InChI=1S/C14H13ClN2O2/c1-9(2)19-12-6-4-3-5-10(12)13-11(7-18)14(15)17-8-16-13/h3-9H,1-2H3. The second kappa shape index (κ2) is 5.80. The van der Waals surface area contributed by atoms with Gasteiger partial charge in [0.2, 0.25) is 0 Å². The second-order valence-electron chi connectivity index (χ2n) is 4.21. The van der Waals surface area contributed by atoms with Gasteiger partial charge < -0.3 is 4.74 Å². The molecule has 0 unspecified atom stereocenters. The number of nitrogens with zero attached hydrogens (tertiary/aromatic N) is 2. The zero-order valence-corrected chi connectivity index (χ0v) is 11.4. The van der Waals surface area contributed by atoms with Crippen molar-refractivity contribution in [2.75, 3.05) is 0 Å². The highest BCUT2D eigenvalue weighted by molar-refractivity contribution is 6.32. The molecule has 5 heteroatoms. The summed E-state index contributed by atoms with van der Waals surface area (Å²) in [7, 11) is 0. The van der Waals surface area contributed by atoms with Crippen molar-refractivity contribution in [3.8, 4) is 17.0 Å². The van der Waals surface area contributed by atoms with E-state index in [-0.39, 0.29) is 16.8 Å². The molecule has 1 aromatic carbocycles. The number of aromatic nitrogens is 2. The Labute approximate surface area is 116 Å². The first-order valence-electron chi connectivity index (χ1n) is 5.85. The van der Waals surface area contributed by atoms with Crippen molar-refractivity contribution in [3.63, 3.8) is 0 Å². The van der Waals surface area contributed by atoms with Gasteiger partial charge in [-0.25, -0.2) is 9.97 Å². The van der Waals surface area contributed by atoms with Crippen molar-refractivity contribution in [2.45, 2.75) is 20.0 Å². The molecule has 0 fully saturated rings. The van der Waals surface area contributed by atoms with Crippen LogP contribution < -0.4 is 4.74 Å². The van der Waals surface area contributed by atoms with Crippen LogP contribution in [0.25, 0.3) is 11.3 Å². The summed E-state index contributed by atoms with van der Waals surface area (Å²) in [4.78, 5) is 19.1. The Kier molecular flexibility index (Phi) is 4.12. The first kappa shape index (κ1) is 13.5. The smallest absolute Gasteiger partial charge is 0.155 e. The van der Waals surface area contributed by atoms with Crippen molar-refractivity contribution in [3.05, 3.63) is 41.3 Å². The van der Waals surface area contributed by atoms with E-state index in [1.165, 1.54) is 6.33 Å². The molecule has 1 aromatic heterocycles. The third-order valence-electron chi connectivity index (χ3n) is 2.46. The molecule has 0 aliphatic carbocycles. The van der Waals surface area contributed by atoms with Gasteiger partial charge in [0.05, 0.1) is 17.4 Å². The topological polar surface area (TPSA) is 52.1 Å². The fraction of sp³-hybridized carbons (Fsp3) is 0.214. The summed E-state index contributed by atoms with van der Waals surface area (Å²) in [6.45, 7) is 3.87. The fourth-order valence-corrected chi connectivity index (χ4v) is 1.89. The fourth-order valence-electron chi connectivity index (χ4n) is 1.71. The molecule has 2 aromatic rings. The summed E-state index contributed by atoms with van der Waals surface area (Å²) in [6.07, 6.45) is 2.01. The van der Waals surface area contributed by atoms with E-state index in [1.54, 1.807) is 0 Å². The van der Waals surface area contributed by atoms with Crippen LogP contribution in [0.15, 0.2) is 30.6 Å². The van der Waals surface area contributed by atoms with Gasteiger partial charge in [-0.2, -0.15) is 0 Å². The maximum absolute atomic E-state index is 11.1. The monoisotopic (exact) mass is 276 g/mol. The molecule has 0 aliphatic rings. The van der Waals surface area contributed by atoms with E-state index in [1.807, 2.05) is 38.1 Å². The minimum atomic E-state index is 0.0261. The Morgan fingerprint density at radius 1 is 1.26 bits per heavy atom. The summed E-state index contributed by atoms with van der Waals surface area (Å²) in [5.41, 5.74) is 1.47. The normalized spacial score (nSPS) is 10.5. The summed E-state index contributed by atoms with van der Waals surface area (Å²) in [5.74, 6) is 0.662. The van der Waals surface area contributed by atoms with Gasteiger partial charge in [0.1, 0.15) is 17.2 Å². The van der Waals surface area contributed by atoms with Crippen LogP contribution in [0.2, 0.25) is 5.15 Å². The molecular weight excluding hydrogens is 264 g/mol. The number of ether oxygens (including phenoxy) is 1. The van der Waals surface area contributed by atoms with E-state index >= 15 is 0 Å². The quantitative estimate of drug-likeness (QED) is 0.634. The molecule has 0 saturated heterocycles. The highest BCUT2D eigenvalue weighted by Crippen LogP contribution is 2.32. The summed E-state index contributed by atoms with van der Waals surface area (Å²) in [5, 5.41) is 0.138. The van der Waals surface area contributed by atoms with Gasteiger partial charge in [0, 0.05) is 5.56 Å². The van der Waals surface area contributed by atoms with Crippen molar-refractivity contribution >= 4 is 17.9 Å². The van der Waals surface area contributed by atoms with Gasteiger partial charge in [-0.15, -0.1) is 0 Å². The maximum atomic E-state index is 11.1. The SMILES string of the molecule is CC(C)Oc1ccccc1-c1ncnc(Cl)c1C=O. The number of halogens is 1. The van der Waals surface area contributed by atoms with Crippen LogP contribution in [0.1, 0.15) is 24.2 Å². The molecular formula is C14H13ClN2O2. The molecule has 0 radical (unpaired) electrons. The highest BCUT2D eigenvalue weighted by atomic mass is 35.5. The van der Waals surface area contributed by atoms with Crippen molar-refractivity contribution in [1.29, 1.82) is 0 Å². The lowest BCUT2D eigenvalue weighted by molar-refractivity contribution is 0.112. The van der Waals surface area contributed by atoms with Crippen LogP contribution in [0, 0.1) is 0 Å². The van der Waals surface area contributed by atoms with Gasteiger partial charge >= 0.3 is 0 Å². The number of carbonyl (C=O) groups excluding carboxylic acids is 1.